The largest absolute Gasteiger partial charge is 0.310 e. The molecule has 0 fully saturated rings. The summed E-state index contributed by atoms with van der Waals surface area (Å²) in [5, 5.41) is 11.9. The standard InChI is InChI=1S/C57H43NSSi2/c1-57(2)45-23-9-11-25-47(45)58(48-26-12-10-24-46(48)57)42-36-33-40(34-37-42)41-35-38-55-56(39-41)61(51-29-15-13-27-49(51)59-50-28-14-16-30-52(50)61)54-32-18-17-31-53(54)60(55,43-19-5-3-6-20-43)44-21-7-4-8-22-44/h3-39H,1-2H3. The first-order chi connectivity index (χ1) is 30.0. The van der Waals surface area contributed by atoms with Crippen LogP contribution in [0, 0.1) is 0 Å². The monoisotopic (exact) mass is 829 g/mol. The number of benzene rings is 9. The quantitative estimate of drug-likeness (QED) is 0.163. The molecule has 12 rings (SSSR count). The normalized spacial score (nSPS) is 15.7. The van der Waals surface area contributed by atoms with Crippen molar-refractivity contribution in [2.24, 2.45) is 0 Å². The van der Waals surface area contributed by atoms with Crippen molar-refractivity contribution < 1.29 is 0 Å². The van der Waals surface area contributed by atoms with Crippen LogP contribution in [0.15, 0.2) is 234 Å². The average molecular weight is 830 g/mol. The molecule has 3 aliphatic heterocycles. The van der Waals surface area contributed by atoms with Crippen molar-refractivity contribution in [3.63, 3.8) is 0 Å². The van der Waals surface area contributed by atoms with Gasteiger partial charge in [0.15, 0.2) is 16.1 Å². The van der Waals surface area contributed by atoms with E-state index in [0.29, 0.717) is 0 Å². The Hall–Kier alpha value is -6.44. The highest BCUT2D eigenvalue weighted by Gasteiger charge is 2.58. The molecule has 0 unspecified atom stereocenters. The summed E-state index contributed by atoms with van der Waals surface area (Å²) in [7, 11) is -5.74. The molecule has 0 N–H and O–H groups in total. The number of hydrogen-bond donors (Lipinski definition) is 0. The highest BCUT2D eigenvalue weighted by Crippen LogP contribution is 2.51. The second kappa shape index (κ2) is 13.8. The van der Waals surface area contributed by atoms with Crippen LogP contribution in [0.25, 0.3) is 11.1 Å². The number of hydrogen-bond acceptors (Lipinski definition) is 2. The molecule has 9 aromatic carbocycles. The minimum absolute atomic E-state index is 0.0991. The van der Waals surface area contributed by atoms with Crippen LogP contribution >= 0.6 is 11.8 Å². The van der Waals surface area contributed by atoms with Crippen molar-refractivity contribution in [3.05, 3.63) is 236 Å². The van der Waals surface area contributed by atoms with Crippen LogP contribution < -0.4 is 46.4 Å². The molecule has 0 saturated carbocycles. The summed E-state index contributed by atoms with van der Waals surface area (Å²) in [5.41, 5.74) is 8.74. The Balaban J connectivity index is 1.13. The van der Waals surface area contributed by atoms with E-state index in [-0.39, 0.29) is 5.41 Å². The van der Waals surface area contributed by atoms with Crippen molar-refractivity contribution in [1.82, 2.24) is 0 Å². The molecule has 290 valence electrons. The van der Waals surface area contributed by atoms with Gasteiger partial charge in [-0.2, -0.15) is 0 Å². The van der Waals surface area contributed by atoms with E-state index in [9.17, 15) is 0 Å². The Bertz CT molecular complexity index is 3020. The van der Waals surface area contributed by atoms with Gasteiger partial charge in [0.1, 0.15) is 0 Å². The molecule has 1 spiro atoms. The number of para-hydroxylation sites is 2. The Kier molecular flexibility index (Phi) is 8.24. The van der Waals surface area contributed by atoms with Crippen LogP contribution in [0.2, 0.25) is 0 Å². The van der Waals surface area contributed by atoms with Gasteiger partial charge in [0.2, 0.25) is 0 Å². The van der Waals surface area contributed by atoms with Crippen LogP contribution in [-0.2, 0) is 5.41 Å². The van der Waals surface area contributed by atoms with E-state index in [1.165, 1.54) is 90.6 Å². The third kappa shape index (κ3) is 5.07. The molecule has 61 heavy (non-hydrogen) atoms. The molecule has 4 heteroatoms. The Morgan fingerprint density at radius 1 is 0.361 bits per heavy atom. The topological polar surface area (TPSA) is 3.24 Å². The molecule has 0 aromatic heterocycles. The first-order valence-electron chi connectivity index (χ1n) is 21.3. The van der Waals surface area contributed by atoms with Gasteiger partial charge in [-0.1, -0.05) is 214 Å². The van der Waals surface area contributed by atoms with Crippen molar-refractivity contribution >= 4 is 86.5 Å². The lowest BCUT2D eigenvalue weighted by Crippen LogP contribution is -2.93. The SMILES string of the molecule is CC1(C)c2ccccc2N(c2ccc(-c3ccc4c(c3)[Si]3(c5ccccc5Sc5ccccc53)c3ccccc3[Si]4(c3ccccc3)c3ccccc3)cc2)c2ccccc21. The van der Waals surface area contributed by atoms with E-state index in [1.54, 1.807) is 0 Å². The fourth-order valence-corrected chi connectivity index (χ4v) is 25.6. The van der Waals surface area contributed by atoms with E-state index < -0.39 is 16.1 Å². The van der Waals surface area contributed by atoms with E-state index in [0.717, 1.165) is 0 Å². The lowest BCUT2D eigenvalue weighted by Gasteiger charge is -2.50. The maximum atomic E-state index is 2.64. The summed E-state index contributed by atoms with van der Waals surface area (Å²) < 4.78 is 0. The van der Waals surface area contributed by atoms with E-state index in [2.05, 4.69) is 243 Å². The maximum Gasteiger partial charge on any atom is 0.181 e. The zero-order valence-corrected chi connectivity index (χ0v) is 37.0. The van der Waals surface area contributed by atoms with Crippen LogP contribution in [0.3, 0.4) is 0 Å². The Labute approximate surface area is 365 Å². The summed E-state index contributed by atoms with van der Waals surface area (Å²) in [6.45, 7) is 4.70. The molecular formula is C57H43NSSi2. The van der Waals surface area contributed by atoms with Gasteiger partial charge in [-0.15, -0.1) is 0 Å². The molecule has 0 atom stereocenters. The molecule has 0 amide bonds. The molecule has 0 saturated heterocycles. The smallest absolute Gasteiger partial charge is 0.181 e. The zero-order valence-electron chi connectivity index (χ0n) is 34.2. The second-order valence-corrected chi connectivity index (χ2v) is 25.6. The predicted molar refractivity (Wildman–Crippen MR) is 264 cm³/mol. The van der Waals surface area contributed by atoms with Crippen LogP contribution in [0.1, 0.15) is 25.0 Å². The van der Waals surface area contributed by atoms with Gasteiger partial charge in [0.05, 0.1) is 11.4 Å². The lowest BCUT2D eigenvalue weighted by molar-refractivity contribution is 0.632. The van der Waals surface area contributed by atoms with E-state index in [4.69, 9.17) is 0 Å². The summed E-state index contributed by atoms with van der Waals surface area (Å²) >= 11 is 1.94. The highest BCUT2D eigenvalue weighted by atomic mass is 32.2. The van der Waals surface area contributed by atoms with Gasteiger partial charge in [-0.3, -0.25) is 0 Å². The van der Waals surface area contributed by atoms with Crippen molar-refractivity contribution in [3.8, 4) is 11.1 Å². The molecule has 3 heterocycles. The fourth-order valence-electron chi connectivity index (χ4n) is 11.3. The lowest BCUT2D eigenvalue weighted by atomic mass is 9.73. The fraction of sp³-hybridized carbons (Fsp3) is 0.0526. The van der Waals surface area contributed by atoms with Crippen molar-refractivity contribution in [2.45, 2.75) is 29.1 Å². The van der Waals surface area contributed by atoms with Gasteiger partial charge < -0.3 is 4.90 Å². The summed E-state index contributed by atoms with van der Waals surface area (Å²) in [6, 6.07) is 86.0. The molecule has 3 aliphatic rings. The first kappa shape index (κ1) is 36.4. The van der Waals surface area contributed by atoms with Gasteiger partial charge >= 0.3 is 0 Å². The molecule has 0 bridgehead atoms. The Morgan fingerprint density at radius 2 is 0.787 bits per heavy atom. The summed E-state index contributed by atoms with van der Waals surface area (Å²) in [6.07, 6.45) is 0. The molecule has 9 aromatic rings. The van der Waals surface area contributed by atoms with Gasteiger partial charge in [-0.05, 0) is 100 Å². The molecule has 1 nitrogen and oxygen atoms in total. The van der Waals surface area contributed by atoms with Crippen LogP contribution in [0.5, 0.6) is 0 Å². The van der Waals surface area contributed by atoms with Gasteiger partial charge in [-0.25, -0.2) is 0 Å². The summed E-state index contributed by atoms with van der Waals surface area (Å²) in [4.78, 5) is 5.21. The van der Waals surface area contributed by atoms with Crippen molar-refractivity contribution in [1.29, 1.82) is 0 Å². The van der Waals surface area contributed by atoms with Crippen LogP contribution in [-0.4, -0.2) is 16.1 Å². The average Bonchev–Trinajstić information content (AvgIpc) is 3.32. The first-order valence-corrected chi connectivity index (χ1v) is 26.2. The highest BCUT2D eigenvalue weighted by molar-refractivity contribution is 8.00. The van der Waals surface area contributed by atoms with Gasteiger partial charge in [0, 0.05) is 20.9 Å². The van der Waals surface area contributed by atoms with Gasteiger partial charge in [0.25, 0.3) is 0 Å². The minimum atomic E-state index is -2.90. The third-order valence-corrected chi connectivity index (χ3v) is 25.7. The number of anilines is 3. The van der Waals surface area contributed by atoms with E-state index >= 15 is 0 Å². The number of nitrogens with zero attached hydrogens (tertiary/aromatic N) is 1. The number of rotatable bonds is 4. The minimum Gasteiger partial charge on any atom is -0.310 e. The van der Waals surface area contributed by atoms with E-state index in [1.807, 2.05) is 11.8 Å². The third-order valence-electron chi connectivity index (χ3n) is 13.9. The second-order valence-electron chi connectivity index (χ2n) is 17.2. The zero-order chi connectivity index (χ0) is 40.8. The van der Waals surface area contributed by atoms with Crippen LogP contribution in [0.4, 0.5) is 17.1 Å². The van der Waals surface area contributed by atoms with Crippen molar-refractivity contribution in [2.75, 3.05) is 4.90 Å². The predicted octanol–water partition coefficient (Wildman–Crippen LogP) is 9.00. The summed E-state index contributed by atoms with van der Waals surface area (Å²) in [5.74, 6) is 0. The maximum absolute atomic E-state index is 2.90. The molecular weight excluding hydrogens is 787 g/mol. The molecule has 0 radical (unpaired) electrons. The number of fused-ring (bicyclic) bond motifs is 10. The molecule has 0 aliphatic carbocycles. The Morgan fingerprint density at radius 3 is 1.34 bits per heavy atom.